The van der Waals surface area contributed by atoms with E-state index in [2.05, 4.69) is 11.9 Å². The van der Waals surface area contributed by atoms with Crippen molar-refractivity contribution in [1.82, 2.24) is 4.90 Å². The molecule has 0 atom stereocenters. The molecule has 1 heterocycles. The van der Waals surface area contributed by atoms with Gasteiger partial charge < -0.3 is 4.90 Å². The minimum atomic E-state index is -0.299. The summed E-state index contributed by atoms with van der Waals surface area (Å²) in [6, 6.07) is 0. The van der Waals surface area contributed by atoms with Gasteiger partial charge >= 0.3 is 0 Å². The summed E-state index contributed by atoms with van der Waals surface area (Å²) in [4.78, 5) is 18.4. The van der Waals surface area contributed by atoms with Crippen LogP contribution in [0.25, 0.3) is 0 Å². The van der Waals surface area contributed by atoms with Gasteiger partial charge in [-0.25, -0.2) is 0 Å². The fraction of sp³-hybridized carbons (Fsp3) is 0.692. The van der Waals surface area contributed by atoms with E-state index in [1.165, 1.54) is 5.57 Å². The molecule has 3 heteroatoms. The summed E-state index contributed by atoms with van der Waals surface area (Å²) in [5.41, 5.74) is 2.05. The molecule has 0 aromatic rings. The van der Waals surface area contributed by atoms with Crippen molar-refractivity contribution >= 4 is 12.1 Å². The van der Waals surface area contributed by atoms with E-state index < -0.39 is 0 Å². The van der Waals surface area contributed by atoms with Gasteiger partial charge in [0.25, 0.3) is 0 Å². The molecule has 0 aromatic carbocycles. The largest absolute Gasteiger partial charge is 0.336 e. The molecule has 0 fully saturated rings. The summed E-state index contributed by atoms with van der Waals surface area (Å²) in [5.74, 6) is 0.212. The van der Waals surface area contributed by atoms with E-state index in [9.17, 15) is 4.79 Å². The van der Waals surface area contributed by atoms with E-state index in [1.807, 2.05) is 32.6 Å². The number of carbonyl (C=O) groups is 1. The third-order valence-electron chi connectivity index (χ3n) is 2.80. The zero-order valence-corrected chi connectivity index (χ0v) is 11.0. The quantitative estimate of drug-likeness (QED) is 0.628. The highest BCUT2D eigenvalue weighted by Crippen LogP contribution is 2.24. The Bertz CT molecular complexity index is 334. The number of hydrogen-bond donors (Lipinski definition) is 0. The second kappa shape index (κ2) is 4.81. The minimum Gasteiger partial charge on any atom is -0.336 e. The molecule has 1 aliphatic heterocycles. The summed E-state index contributed by atoms with van der Waals surface area (Å²) in [6.45, 7) is 11.4. The van der Waals surface area contributed by atoms with Crippen LogP contribution in [0.2, 0.25) is 0 Å². The number of carbonyl (C=O) groups excluding carboxylic acids is 1. The average molecular weight is 222 g/mol. The maximum atomic E-state index is 12.1. The molecule has 0 spiro atoms. The Morgan fingerprint density at radius 3 is 2.56 bits per heavy atom. The van der Waals surface area contributed by atoms with Gasteiger partial charge in [-0.3, -0.25) is 9.79 Å². The maximum Gasteiger partial charge on any atom is 0.228 e. The molecular weight excluding hydrogens is 200 g/mol. The molecule has 0 aliphatic carbocycles. The van der Waals surface area contributed by atoms with Crippen LogP contribution in [0.1, 0.15) is 41.0 Å². The van der Waals surface area contributed by atoms with Gasteiger partial charge in [-0.2, -0.15) is 0 Å². The average Bonchev–Trinajstić information content (AvgIpc) is 2.19. The molecule has 0 unspecified atom stereocenters. The Kier molecular flexibility index (Phi) is 3.89. The van der Waals surface area contributed by atoms with Gasteiger partial charge in [0.05, 0.1) is 12.2 Å². The first kappa shape index (κ1) is 12.9. The summed E-state index contributed by atoms with van der Waals surface area (Å²) in [6.07, 6.45) is 2.73. The van der Waals surface area contributed by atoms with E-state index in [0.29, 0.717) is 6.54 Å². The summed E-state index contributed by atoms with van der Waals surface area (Å²) < 4.78 is 0. The Morgan fingerprint density at radius 1 is 1.44 bits per heavy atom. The molecule has 0 N–H and O–H groups in total. The maximum absolute atomic E-state index is 12.1. The standard InChI is InChI=1S/C13H22N2O/c1-6-14-11-9-15(8-7-10(11)2)12(16)13(3,4)5/h6H,7-9H2,1-5H3. The molecule has 0 saturated heterocycles. The van der Waals surface area contributed by atoms with Crippen molar-refractivity contribution in [2.75, 3.05) is 13.1 Å². The zero-order valence-electron chi connectivity index (χ0n) is 11.0. The van der Waals surface area contributed by atoms with Crippen molar-refractivity contribution in [3.8, 4) is 0 Å². The number of rotatable bonds is 1. The lowest BCUT2D eigenvalue weighted by Gasteiger charge is -2.33. The lowest BCUT2D eigenvalue weighted by atomic mass is 9.93. The molecule has 90 valence electrons. The number of aliphatic imine (C=N–C) groups is 1. The predicted octanol–water partition coefficient (Wildman–Crippen LogP) is 2.63. The van der Waals surface area contributed by atoms with Crippen molar-refractivity contribution in [3.05, 3.63) is 11.3 Å². The molecule has 0 bridgehead atoms. The lowest BCUT2D eigenvalue weighted by molar-refractivity contribution is -0.139. The van der Waals surface area contributed by atoms with Crippen LogP contribution in [0, 0.1) is 5.41 Å². The van der Waals surface area contributed by atoms with Crippen LogP contribution in [0.15, 0.2) is 16.3 Å². The van der Waals surface area contributed by atoms with Gasteiger partial charge in [0.15, 0.2) is 0 Å². The number of nitrogens with zero attached hydrogens (tertiary/aromatic N) is 2. The first-order chi connectivity index (χ1) is 7.36. The fourth-order valence-electron chi connectivity index (χ4n) is 1.80. The molecule has 0 radical (unpaired) electrons. The Morgan fingerprint density at radius 2 is 2.06 bits per heavy atom. The van der Waals surface area contributed by atoms with Gasteiger partial charge in [-0.15, -0.1) is 0 Å². The third kappa shape index (κ3) is 2.94. The summed E-state index contributed by atoms with van der Waals surface area (Å²) in [5, 5.41) is 0. The van der Waals surface area contributed by atoms with E-state index in [4.69, 9.17) is 0 Å². The molecule has 3 nitrogen and oxygen atoms in total. The lowest BCUT2D eigenvalue weighted by Crippen LogP contribution is -2.42. The zero-order chi connectivity index (χ0) is 12.3. The van der Waals surface area contributed by atoms with Crippen LogP contribution >= 0.6 is 0 Å². The number of amides is 1. The molecule has 1 amide bonds. The van der Waals surface area contributed by atoms with Gasteiger partial charge in [-0.05, 0) is 25.8 Å². The fourth-order valence-corrected chi connectivity index (χ4v) is 1.80. The minimum absolute atomic E-state index is 0.212. The van der Waals surface area contributed by atoms with E-state index >= 15 is 0 Å². The van der Waals surface area contributed by atoms with Gasteiger partial charge in [0.1, 0.15) is 0 Å². The molecule has 0 saturated carbocycles. The summed E-state index contributed by atoms with van der Waals surface area (Å²) >= 11 is 0. The first-order valence-corrected chi connectivity index (χ1v) is 5.83. The van der Waals surface area contributed by atoms with Gasteiger partial charge in [0.2, 0.25) is 5.91 Å². The third-order valence-corrected chi connectivity index (χ3v) is 2.80. The smallest absolute Gasteiger partial charge is 0.228 e. The monoisotopic (exact) mass is 222 g/mol. The topological polar surface area (TPSA) is 32.7 Å². The highest BCUT2D eigenvalue weighted by Gasteiger charge is 2.29. The Hall–Kier alpha value is -1.12. The van der Waals surface area contributed by atoms with Gasteiger partial charge in [-0.1, -0.05) is 20.8 Å². The SMILES string of the molecule is CC=NC1=C(C)CCN(C(=O)C(C)(C)C)C1. The van der Waals surface area contributed by atoms with Crippen molar-refractivity contribution in [1.29, 1.82) is 0 Å². The van der Waals surface area contributed by atoms with Crippen LogP contribution in [0.3, 0.4) is 0 Å². The Balaban J connectivity index is 2.81. The van der Waals surface area contributed by atoms with Gasteiger partial charge in [0, 0.05) is 18.2 Å². The van der Waals surface area contributed by atoms with Crippen LogP contribution in [0.5, 0.6) is 0 Å². The Labute approximate surface area is 98.2 Å². The molecule has 16 heavy (non-hydrogen) atoms. The van der Waals surface area contributed by atoms with Crippen LogP contribution < -0.4 is 0 Å². The molecule has 0 aromatic heterocycles. The van der Waals surface area contributed by atoms with Crippen molar-refractivity contribution in [3.63, 3.8) is 0 Å². The van der Waals surface area contributed by atoms with Crippen LogP contribution in [-0.2, 0) is 4.79 Å². The molecular formula is C13H22N2O. The summed E-state index contributed by atoms with van der Waals surface area (Å²) in [7, 11) is 0. The predicted molar refractivity (Wildman–Crippen MR) is 67.5 cm³/mol. The van der Waals surface area contributed by atoms with E-state index in [0.717, 1.165) is 18.7 Å². The van der Waals surface area contributed by atoms with Crippen LogP contribution in [0.4, 0.5) is 0 Å². The second-order valence-corrected chi connectivity index (χ2v) is 5.34. The first-order valence-electron chi connectivity index (χ1n) is 5.83. The highest BCUT2D eigenvalue weighted by atomic mass is 16.2. The normalized spacial score (nSPS) is 18.4. The van der Waals surface area contributed by atoms with E-state index in [-0.39, 0.29) is 11.3 Å². The molecule has 1 aliphatic rings. The number of hydrogen-bond acceptors (Lipinski definition) is 2. The van der Waals surface area contributed by atoms with Crippen molar-refractivity contribution in [2.45, 2.75) is 41.0 Å². The second-order valence-electron chi connectivity index (χ2n) is 5.34. The molecule has 1 rings (SSSR count). The van der Waals surface area contributed by atoms with Crippen molar-refractivity contribution < 1.29 is 4.79 Å². The van der Waals surface area contributed by atoms with E-state index in [1.54, 1.807) is 6.21 Å². The highest BCUT2D eigenvalue weighted by molar-refractivity contribution is 5.82. The van der Waals surface area contributed by atoms with Crippen molar-refractivity contribution in [2.24, 2.45) is 10.4 Å². The van der Waals surface area contributed by atoms with Crippen LogP contribution in [-0.4, -0.2) is 30.1 Å².